The Labute approximate surface area is 107 Å². The molecular weight excluding hydrogens is 230 g/mol. The van der Waals surface area contributed by atoms with Crippen LogP contribution in [0.15, 0.2) is 42.5 Å². The first-order valence-electron chi connectivity index (χ1n) is 6.18. The second-order valence-corrected chi connectivity index (χ2v) is 4.57. The summed E-state index contributed by atoms with van der Waals surface area (Å²) in [6, 6.07) is 9.74. The van der Waals surface area contributed by atoms with E-state index in [2.05, 4.69) is 5.32 Å². The smallest absolute Gasteiger partial charge is 0.111 e. The van der Waals surface area contributed by atoms with Crippen LogP contribution < -0.4 is 5.32 Å². The van der Waals surface area contributed by atoms with Gasteiger partial charge in [0.1, 0.15) is 18.3 Å². The van der Waals surface area contributed by atoms with Gasteiger partial charge in [-0.15, -0.1) is 0 Å². The van der Waals surface area contributed by atoms with Gasteiger partial charge in [0.2, 0.25) is 0 Å². The zero-order chi connectivity index (χ0) is 13.0. The highest BCUT2D eigenvalue weighted by Gasteiger charge is 2.32. The van der Waals surface area contributed by atoms with Gasteiger partial charge in [-0.1, -0.05) is 42.5 Å². The second kappa shape index (κ2) is 6.11. The van der Waals surface area contributed by atoms with E-state index >= 15 is 0 Å². The number of hydrogen-bond donors (Lipinski definition) is 4. The van der Waals surface area contributed by atoms with Crippen LogP contribution in [0.1, 0.15) is 5.56 Å². The van der Waals surface area contributed by atoms with Crippen LogP contribution in [-0.4, -0.2) is 46.2 Å². The Bertz CT molecular complexity index is 393. The number of benzene rings is 1. The summed E-state index contributed by atoms with van der Waals surface area (Å²) < 4.78 is 0. The Morgan fingerprint density at radius 1 is 0.944 bits per heavy atom. The normalized spacial score (nSPS) is 31.5. The molecule has 0 unspecified atom stereocenters. The molecule has 0 fully saturated rings. The third-order valence-corrected chi connectivity index (χ3v) is 3.22. The Kier molecular flexibility index (Phi) is 4.49. The molecule has 0 saturated heterocycles. The van der Waals surface area contributed by atoms with E-state index in [9.17, 15) is 15.3 Å². The number of nitrogens with one attached hydrogen (secondary N) is 1. The van der Waals surface area contributed by atoms with Gasteiger partial charge in [0.05, 0.1) is 6.04 Å². The van der Waals surface area contributed by atoms with Gasteiger partial charge >= 0.3 is 0 Å². The molecule has 4 heteroatoms. The van der Waals surface area contributed by atoms with Gasteiger partial charge in [0, 0.05) is 0 Å². The zero-order valence-electron chi connectivity index (χ0n) is 10.1. The predicted octanol–water partition coefficient (Wildman–Crippen LogP) is -0.160. The van der Waals surface area contributed by atoms with Crippen molar-refractivity contribution in [3.05, 3.63) is 48.0 Å². The van der Waals surface area contributed by atoms with E-state index < -0.39 is 18.3 Å². The van der Waals surface area contributed by atoms with Gasteiger partial charge in [-0.25, -0.2) is 0 Å². The molecule has 4 nitrogen and oxygen atoms in total. The van der Waals surface area contributed by atoms with E-state index in [0.717, 1.165) is 6.42 Å². The minimum absolute atomic E-state index is 0.313. The first-order valence-corrected chi connectivity index (χ1v) is 6.18. The van der Waals surface area contributed by atoms with Gasteiger partial charge in [-0.2, -0.15) is 0 Å². The minimum atomic E-state index is -1.12. The van der Waals surface area contributed by atoms with E-state index in [0.29, 0.717) is 6.54 Å². The molecule has 0 spiro atoms. The maximum absolute atomic E-state index is 9.78. The average molecular weight is 249 g/mol. The van der Waals surface area contributed by atoms with E-state index in [1.807, 2.05) is 30.3 Å². The standard InChI is InChI=1S/C14H19NO3/c16-12-7-6-11(13(17)14(12)18)15-9-8-10-4-2-1-3-5-10/h1-7,11-18H,8-9H2/t11-,12+,13+,14+/m1/s1. The van der Waals surface area contributed by atoms with Crippen molar-refractivity contribution in [2.24, 2.45) is 0 Å². The lowest BCUT2D eigenvalue weighted by molar-refractivity contribution is -0.0564. The third-order valence-electron chi connectivity index (χ3n) is 3.22. The van der Waals surface area contributed by atoms with Crippen LogP contribution >= 0.6 is 0 Å². The Morgan fingerprint density at radius 3 is 2.39 bits per heavy atom. The van der Waals surface area contributed by atoms with E-state index in [1.54, 1.807) is 6.08 Å². The van der Waals surface area contributed by atoms with Gasteiger partial charge in [-0.3, -0.25) is 0 Å². The lowest BCUT2D eigenvalue weighted by atomic mass is 9.94. The molecule has 1 aliphatic rings. The van der Waals surface area contributed by atoms with Crippen LogP contribution in [0.4, 0.5) is 0 Å². The molecule has 0 saturated carbocycles. The van der Waals surface area contributed by atoms with Crippen molar-refractivity contribution in [1.29, 1.82) is 0 Å². The zero-order valence-corrected chi connectivity index (χ0v) is 10.1. The largest absolute Gasteiger partial charge is 0.388 e. The van der Waals surface area contributed by atoms with Crippen LogP contribution in [0, 0.1) is 0 Å². The Morgan fingerprint density at radius 2 is 1.67 bits per heavy atom. The summed E-state index contributed by atoms with van der Waals surface area (Å²) in [5.41, 5.74) is 1.22. The first-order chi connectivity index (χ1) is 8.68. The molecule has 4 N–H and O–H groups in total. The highest BCUT2D eigenvalue weighted by molar-refractivity contribution is 5.15. The molecule has 98 valence electrons. The number of rotatable bonds is 4. The van der Waals surface area contributed by atoms with Crippen molar-refractivity contribution in [3.63, 3.8) is 0 Å². The fourth-order valence-corrected chi connectivity index (χ4v) is 2.09. The number of aliphatic hydroxyl groups is 3. The molecule has 1 aromatic carbocycles. The van der Waals surface area contributed by atoms with Crippen molar-refractivity contribution in [1.82, 2.24) is 5.32 Å². The summed E-state index contributed by atoms with van der Waals surface area (Å²) in [6.45, 7) is 0.707. The van der Waals surface area contributed by atoms with E-state index in [1.165, 1.54) is 11.6 Å². The molecule has 2 rings (SSSR count). The monoisotopic (exact) mass is 249 g/mol. The molecule has 0 bridgehead atoms. The van der Waals surface area contributed by atoms with Crippen molar-refractivity contribution in [2.75, 3.05) is 6.54 Å². The van der Waals surface area contributed by atoms with E-state index in [-0.39, 0.29) is 6.04 Å². The van der Waals surface area contributed by atoms with Gasteiger partial charge in [0.15, 0.2) is 0 Å². The van der Waals surface area contributed by atoms with E-state index in [4.69, 9.17) is 0 Å². The van der Waals surface area contributed by atoms with Crippen LogP contribution in [-0.2, 0) is 6.42 Å². The first kappa shape index (κ1) is 13.2. The SMILES string of the molecule is O[C@@H]1[C@@H](O)[C@H](NCCc2ccccc2)C=C[C@@H]1O. The fourth-order valence-electron chi connectivity index (χ4n) is 2.09. The molecular formula is C14H19NO3. The third kappa shape index (κ3) is 3.17. The minimum Gasteiger partial charge on any atom is -0.388 e. The summed E-state index contributed by atoms with van der Waals surface area (Å²) in [5.74, 6) is 0. The second-order valence-electron chi connectivity index (χ2n) is 4.57. The quantitative estimate of drug-likeness (QED) is 0.560. The van der Waals surface area contributed by atoms with Crippen molar-refractivity contribution >= 4 is 0 Å². The molecule has 1 aliphatic carbocycles. The number of aliphatic hydroxyl groups excluding tert-OH is 3. The molecule has 0 radical (unpaired) electrons. The fraction of sp³-hybridized carbons (Fsp3) is 0.429. The van der Waals surface area contributed by atoms with Crippen molar-refractivity contribution in [2.45, 2.75) is 30.8 Å². The summed E-state index contributed by atoms with van der Waals surface area (Å²) >= 11 is 0. The molecule has 0 heterocycles. The molecule has 0 amide bonds. The lowest BCUT2D eigenvalue weighted by Crippen LogP contribution is -2.52. The molecule has 0 aliphatic heterocycles. The highest BCUT2D eigenvalue weighted by atomic mass is 16.4. The molecule has 1 aromatic rings. The van der Waals surface area contributed by atoms with Gasteiger partial charge < -0.3 is 20.6 Å². The Balaban J connectivity index is 1.82. The van der Waals surface area contributed by atoms with Crippen molar-refractivity contribution in [3.8, 4) is 0 Å². The summed E-state index contributed by atoms with van der Waals surface area (Å²) in [5, 5.41) is 31.8. The van der Waals surface area contributed by atoms with Gasteiger partial charge in [0.25, 0.3) is 0 Å². The summed E-state index contributed by atoms with van der Waals surface area (Å²) in [4.78, 5) is 0. The number of hydrogen-bond acceptors (Lipinski definition) is 4. The summed E-state index contributed by atoms with van der Waals surface area (Å²) in [7, 11) is 0. The molecule has 18 heavy (non-hydrogen) atoms. The maximum atomic E-state index is 9.78. The molecule has 4 atom stereocenters. The maximum Gasteiger partial charge on any atom is 0.111 e. The van der Waals surface area contributed by atoms with Crippen molar-refractivity contribution < 1.29 is 15.3 Å². The average Bonchev–Trinajstić information content (AvgIpc) is 2.40. The van der Waals surface area contributed by atoms with Gasteiger partial charge in [-0.05, 0) is 18.5 Å². The van der Waals surface area contributed by atoms with Crippen LogP contribution in [0.5, 0.6) is 0 Å². The predicted molar refractivity (Wildman–Crippen MR) is 69.1 cm³/mol. The summed E-state index contributed by atoms with van der Waals surface area (Å²) in [6.07, 6.45) is 0.999. The lowest BCUT2D eigenvalue weighted by Gasteiger charge is -2.31. The van der Waals surface area contributed by atoms with Crippen LogP contribution in [0.25, 0.3) is 0 Å². The topological polar surface area (TPSA) is 72.7 Å². The highest BCUT2D eigenvalue weighted by Crippen LogP contribution is 2.13. The molecule has 0 aromatic heterocycles. The van der Waals surface area contributed by atoms with Crippen LogP contribution in [0.2, 0.25) is 0 Å². The van der Waals surface area contributed by atoms with Crippen LogP contribution in [0.3, 0.4) is 0 Å². The Hall–Kier alpha value is -1.20.